The summed E-state index contributed by atoms with van der Waals surface area (Å²) < 4.78 is 44.5. The normalized spacial score (nSPS) is 18.6. The molecule has 9 heteroatoms. The van der Waals surface area contributed by atoms with Crippen LogP contribution in [0.1, 0.15) is 13.3 Å². The summed E-state index contributed by atoms with van der Waals surface area (Å²) in [6.07, 6.45) is 0.137. The molecular formula is C18H18N2O6S. The predicted octanol–water partition coefficient (Wildman–Crippen LogP) is 2.37. The minimum atomic E-state index is -3.85. The Bertz CT molecular complexity index is 1000. The molecule has 142 valence electrons. The van der Waals surface area contributed by atoms with Gasteiger partial charge in [-0.2, -0.15) is 0 Å². The summed E-state index contributed by atoms with van der Waals surface area (Å²) in [5.74, 6) is 1.12. The van der Waals surface area contributed by atoms with Crippen molar-refractivity contribution >= 4 is 27.3 Å². The highest BCUT2D eigenvalue weighted by Crippen LogP contribution is 2.35. The highest BCUT2D eigenvalue weighted by molar-refractivity contribution is 7.92. The number of carbonyl (C=O) groups excluding carboxylic acids is 1. The molecule has 1 amide bonds. The molecule has 27 heavy (non-hydrogen) atoms. The minimum absolute atomic E-state index is 0.0541. The lowest BCUT2D eigenvalue weighted by Crippen LogP contribution is -2.34. The molecule has 0 fully saturated rings. The van der Waals surface area contributed by atoms with Crippen LogP contribution in [0.4, 0.5) is 11.4 Å². The van der Waals surface area contributed by atoms with Crippen molar-refractivity contribution in [2.24, 2.45) is 0 Å². The molecule has 8 nitrogen and oxygen atoms in total. The Labute approximate surface area is 156 Å². The zero-order valence-corrected chi connectivity index (χ0v) is 15.3. The Kier molecular flexibility index (Phi) is 4.31. The van der Waals surface area contributed by atoms with E-state index in [1.54, 1.807) is 25.1 Å². The molecule has 2 N–H and O–H groups in total. The van der Waals surface area contributed by atoms with Crippen LogP contribution in [0.15, 0.2) is 41.3 Å². The van der Waals surface area contributed by atoms with Crippen LogP contribution in [-0.2, 0) is 14.8 Å². The summed E-state index contributed by atoms with van der Waals surface area (Å²) in [7, 11) is -3.85. The van der Waals surface area contributed by atoms with Gasteiger partial charge in [-0.25, -0.2) is 8.42 Å². The van der Waals surface area contributed by atoms with E-state index in [2.05, 4.69) is 10.0 Å². The van der Waals surface area contributed by atoms with E-state index in [0.29, 0.717) is 41.8 Å². The Morgan fingerprint density at radius 1 is 1.04 bits per heavy atom. The maximum Gasteiger partial charge on any atom is 0.265 e. The van der Waals surface area contributed by atoms with Crippen molar-refractivity contribution in [3.8, 4) is 17.2 Å². The average molecular weight is 390 g/mol. The van der Waals surface area contributed by atoms with Crippen LogP contribution >= 0.6 is 0 Å². The molecule has 2 aromatic carbocycles. The summed E-state index contributed by atoms with van der Waals surface area (Å²) >= 11 is 0. The zero-order valence-electron chi connectivity index (χ0n) is 14.5. The third-order valence-electron chi connectivity index (χ3n) is 4.19. The van der Waals surface area contributed by atoms with E-state index in [0.717, 1.165) is 6.42 Å². The van der Waals surface area contributed by atoms with Gasteiger partial charge in [-0.05, 0) is 37.3 Å². The topological polar surface area (TPSA) is 103 Å². The molecule has 0 spiro atoms. The molecule has 0 saturated heterocycles. The molecule has 2 aliphatic rings. The minimum Gasteiger partial charge on any atom is -0.490 e. The van der Waals surface area contributed by atoms with Gasteiger partial charge in [0.05, 0.1) is 29.5 Å². The molecule has 0 saturated carbocycles. The number of nitrogens with one attached hydrogen (secondary N) is 2. The third-order valence-corrected chi connectivity index (χ3v) is 5.57. The molecule has 0 bridgehead atoms. The van der Waals surface area contributed by atoms with Crippen molar-refractivity contribution < 1.29 is 27.4 Å². The quantitative estimate of drug-likeness (QED) is 0.834. The lowest BCUT2D eigenvalue weighted by Gasteiger charge is -2.23. The van der Waals surface area contributed by atoms with Gasteiger partial charge in [0.15, 0.2) is 17.6 Å². The maximum absolute atomic E-state index is 12.7. The first kappa shape index (κ1) is 17.5. The van der Waals surface area contributed by atoms with Gasteiger partial charge in [0.1, 0.15) is 5.75 Å². The molecule has 2 aliphatic heterocycles. The highest BCUT2D eigenvalue weighted by atomic mass is 32.2. The Morgan fingerprint density at radius 2 is 1.78 bits per heavy atom. The maximum atomic E-state index is 12.7. The van der Waals surface area contributed by atoms with Crippen LogP contribution in [-0.4, -0.2) is 33.6 Å². The Balaban J connectivity index is 1.60. The molecule has 0 radical (unpaired) electrons. The van der Waals surface area contributed by atoms with Crippen LogP contribution in [0.2, 0.25) is 0 Å². The van der Waals surface area contributed by atoms with Gasteiger partial charge in [0.25, 0.3) is 15.9 Å². The van der Waals surface area contributed by atoms with E-state index in [-0.39, 0.29) is 10.8 Å². The number of amides is 1. The fourth-order valence-corrected chi connectivity index (χ4v) is 3.86. The lowest BCUT2D eigenvalue weighted by molar-refractivity contribution is -0.122. The summed E-state index contributed by atoms with van der Waals surface area (Å²) in [5, 5.41) is 2.69. The number of benzene rings is 2. The van der Waals surface area contributed by atoms with Gasteiger partial charge in [-0.15, -0.1) is 0 Å². The second kappa shape index (κ2) is 6.66. The fourth-order valence-electron chi connectivity index (χ4n) is 2.80. The van der Waals surface area contributed by atoms with Gasteiger partial charge in [0, 0.05) is 12.5 Å². The van der Waals surface area contributed by atoms with Crippen LogP contribution < -0.4 is 24.2 Å². The van der Waals surface area contributed by atoms with E-state index in [4.69, 9.17) is 14.2 Å². The average Bonchev–Trinajstić information content (AvgIpc) is 2.87. The van der Waals surface area contributed by atoms with Crippen molar-refractivity contribution in [1.82, 2.24) is 0 Å². The van der Waals surface area contributed by atoms with Crippen molar-refractivity contribution in [1.29, 1.82) is 0 Å². The van der Waals surface area contributed by atoms with E-state index >= 15 is 0 Å². The number of sulfonamides is 1. The SMILES string of the molecule is C[C@@H]1Oc2ccc(NS(=O)(=O)c3ccc4c(c3)OCCCO4)cc2NC1=O. The number of rotatable bonds is 3. The fraction of sp³-hybridized carbons (Fsp3) is 0.278. The second-order valence-electron chi connectivity index (χ2n) is 6.22. The van der Waals surface area contributed by atoms with Crippen LogP contribution in [0.3, 0.4) is 0 Å². The summed E-state index contributed by atoms with van der Waals surface area (Å²) in [5.41, 5.74) is 0.719. The van der Waals surface area contributed by atoms with E-state index < -0.39 is 16.1 Å². The Morgan fingerprint density at radius 3 is 2.59 bits per heavy atom. The number of ether oxygens (including phenoxy) is 3. The molecule has 0 aromatic heterocycles. The lowest BCUT2D eigenvalue weighted by atomic mass is 10.2. The highest BCUT2D eigenvalue weighted by Gasteiger charge is 2.25. The monoisotopic (exact) mass is 390 g/mol. The largest absolute Gasteiger partial charge is 0.490 e. The van der Waals surface area contributed by atoms with E-state index in [1.165, 1.54) is 18.2 Å². The molecule has 0 unspecified atom stereocenters. The van der Waals surface area contributed by atoms with Gasteiger partial charge in [-0.1, -0.05) is 0 Å². The second-order valence-corrected chi connectivity index (χ2v) is 7.91. The van der Waals surface area contributed by atoms with Crippen molar-refractivity contribution in [3.05, 3.63) is 36.4 Å². The van der Waals surface area contributed by atoms with Gasteiger partial charge < -0.3 is 19.5 Å². The predicted molar refractivity (Wildman–Crippen MR) is 98.0 cm³/mol. The van der Waals surface area contributed by atoms with E-state index in [9.17, 15) is 13.2 Å². The molecular weight excluding hydrogens is 372 g/mol. The number of hydrogen-bond donors (Lipinski definition) is 2. The molecule has 2 aromatic rings. The molecule has 1 atom stereocenters. The summed E-state index contributed by atoms with van der Waals surface area (Å²) in [4.78, 5) is 11.8. The summed E-state index contributed by atoms with van der Waals surface area (Å²) in [6, 6.07) is 9.17. The Hall–Kier alpha value is -2.94. The molecule has 2 heterocycles. The zero-order chi connectivity index (χ0) is 19.0. The van der Waals surface area contributed by atoms with Crippen molar-refractivity contribution in [2.45, 2.75) is 24.3 Å². The van der Waals surface area contributed by atoms with Crippen molar-refractivity contribution in [3.63, 3.8) is 0 Å². The van der Waals surface area contributed by atoms with Gasteiger partial charge >= 0.3 is 0 Å². The first-order valence-electron chi connectivity index (χ1n) is 8.46. The standard InChI is InChI=1S/C18H18N2O6S/c1-11-18(21)19-14-9-12(3-5-15(14)26-11)20-27(22,23)13-4-6-16-17(10-13)25-8-2-7-24-16/h3-6,9-11,20H,2,7-8H2,1H3,(H,19,21)/t11-/m0/s1. The summed E-state index contributed by atoms with van der Waals surface area (Å²) in [6.45, 7) is 2.63. The number of fused-ring (bicyclic) bond motifs is 2. The number of hydrogen-bond acceptors (Lipinski definition) is 6. The number of anilines is 2. The van der Waals surface area contributed by atoms with Crippen molar-refractivity contribution in [2.75, 3.05) is 23.3 Å². The van der Waals surface area contributed by atoms with E-state index in [1.807, 2.05) is 0 Å². The van der Waals surface area contributed by atoms with Crippen LogP contribution in [0.5, 0.6) is 17.2 Å². The van der Waals surface area contributed by atoms with Gasteiger partial charge in [0.2, 0.25) is 0 Å². The molecule has 0 aliphatic carbocycles. The smallest absolute Gasteiger partial charge is 0.265 e. The van der Waals surface area contributed by atoms with Crippen LogP contribution in [0, 0.1) is 0 Å². The molecule has 4 rings (SSSR count). The third kappa shape index (κ3) is 3.50. The van der Waals surface area contributed by atoms with Crippen LogP contribution in [0.25, 0.3) is 0 Å². The first-order valence-corrected chi connectivity index (χ1v) is 9.95. The first-order chi connectivity index (χ1) is 12.9. The number of carbonyl (C=O) groups is 1. The van der Waals surface area contributed by atoms with Gasteiger partial charge in [-0.3, -0.25) is 9.52 Å².